The highest BCUT2D eigenvalue weighted by Crippen LogP contribution is 2.33. The number of nitrogens with zero attached hydrogens (tertiary/aromatic N) is 4. The molecule has 212 valence electrons. The van der Waals surface area contributed by atoms with Crippen LogP contribution < -0.4 is 16.4 Å². The van der Waals surface area contributed by atoms with E-state index in [0.717, 1.165) is 49.9 Å². The Morgan fingerprint density at radius 3 is 1.83 bits per heavy atom. The summed E-state index contributed by atoms with van der Waals surface area (Å²) < 4.78 is 29.1. The van der Waals surface area contributed by atoms with Crippen molar-refractivity contribution < 1.29 is 8.78 Å². The monoisotopic (exact) mass is 629 g/mol. The van der Waals surface area contributed by atoms with Gasteiger partial charge in [-0.25, -0.2) is 18.7 Å². The van der Waals surface area contributed by atoms with Gasteiger partial charge >= 0.3 is 0 Å². The summed E-state index contributed by atoms with van der Waals surface area (Å²) >= 11 is 3.29. The van der Waals surface area contributed by atoms with E-state index in [4.69, 9.17) is 5.73 Å². The summed E-state index contributed by atoms with van der Waals surface area (Å²) in [7, 11) is 0. The Morgan fingerprint density at radius 1 is 0.714 bits per heavy atom. The number of nitrogens with two attached hydrogens (primary N) is 1. The highest BCUT2D eigenvalue weighted by atomic mass is 79.9. The van der Waals surface area contributed by atoms with Gasteiger partial charge < -0.3 is 16.4 Å². The highest BCUT2D eigenvalue weighted by molar-refractivity contribution is 9.10. The molecular formula is C30H26BrF2N9. The van der Waals surface area contributed by atoms with E-state index < -0.39 is 5.82 Å². The van der Waals surface area contributed by atoms with E-state index >= 15 is 0 Å². The SMILES string of the molecule is Fc1cc2c(Br)[nH]nc2nc1Nc1cccc2c1CCC2.Nc1[nH]nc2nc(Nc3cccc4c3CCC4)c(F)cc12. The fourth-order valence-corrected chi connectivity index (χ4v) is 6.11. The molecule has 0 fully saturated rings. The number of aryl methyl sites for hydroxylation is 2. The number of nitrogens with one attached hydrogen (secondary N) is 4. The smallest absolute Gasteiger partial charge is 0.185 e. The molecule has 9 nitrogen and oxygen atoms in total. The molecule has 0 atom stereocenters. The zero-order valence-electron chi connectivity index (χ0n) is 22.4. The van der Waals surface area contributed by atoms with E-state index in [-0.39, 0.29) is 17.5 Å². The van der Waals surface area contributed by atoms with Crippen molar-refractivity contribution >= 4 is 66.8 Å². The van der Waals surface area contributed by atoms with Crippen molar-refractivity contribution in [2.24, 2.45) is 0 Å². The molecule has 42 heavy (non-hydrogen) atoms. The highest BCUT2D eigenvalue weighted by Gasteiger charge is 2.18. The molecule has 12 heteroatoms. The van der Waals surface area contributed by atoms with E-state index in [1.54, 1.807) is 0 Å². The topological polar surface area (TPSA) is 133 Å². The van der Waals surface area contributed by atoms with Crippen molar-refractivity contribution in [1.29, 1.82) is 0 Å². The summed E-state index contributed by atoms with van der Waals surface area (Å²) in [4.78, 5) is 8.47. The van der Waals surface area contributed by atoms with Gasteiger partial charge in [0.15, 0.2) is 34.6 Å². The quantitative estimate of drug-likeness (QED) is 0.142. The Kier molecular flexibility index (Phi) is 6.69. The first-order chi connectivity index (χ1) is 20.4. The minimum Gasteiger partial charge on any atom is -0.384 e. The molecule has 6 aromatic rings. The zero-order chi connectivity index (χ0) is 28.8. The van der Waals surface area contributed by atoms with Crippen LogP contribution >= 0.6 is 15.9 Å². The number of fused-ring (bicyclic) bond motifs is 4. The molecule has 0 bridgehead atoms. The number of anilines is 5. The van der Waals surface area contributed by atoms with Gasteiger partial charge in [-0.3, -0.25) is 10.2 Å². The fourth-order valence-electron chi connectivity index (χ4n) is 5.73. The Bertz CT molecular complexity index is 1830. The van der Waals surface area contributed by atoms with Gasteiger partial charge in [0.2, 0.25) is 0 Å². The maximum absolute atomic E-state index is 14.2. The second-order valence-corrected chi connectivity index (χ2v) is 11.2. The fraction of sp³-hybridized carbons (Fsp3) is 0.200. The number of rotatable bonds is 4. The second kappa shape index (κ2) is 10.7. The van der Waals surface area contributed by atoms with Crippen LogP contribution in [0.3, 0.4) is 0 Å². The molecule has 2 aromatic carbocycles. The summed E-state index contributed by atoms with van der Waals surface area (Å²) in [6, 6.07) is 14.9. The number of hydrogen-bond acceptors (Lipinski definition) is 7. The number of halogens is 3. The minimum atomic E-state index is -0.439. The van der Waals surface area contributed by atoms with Gasteiger partial charge in [0.25, 0.3) is 0 Å². The van der Waals surface area contributed by atoms with E-state index in [0.29, 0.717) is 32.5 Å². The molecule has 4 heterocycles. The van der Waals surface area contributed by atoms with Gasteiger partial charge in [-0.05, 0) is 101 Å². The van der Waals surface area contributed by atoms with Crippen molar-refractivity contribution in [2.75, 3.05) is 16.4 Å². The molecule has 0 unspecified atom stereocenters. The number of nitrogen functional groups attached to an aromatic ring is 1. The molecule has 8 rings (SSSR count). The summed E-state index contributed by atoms with van der Waals surface area (Å²) in [6.07, 6.45) is 6.49. The lowest BCUT2D eigenvalue weighted by atomic mass is 10.1. The number of benzene rings is 2. The van der Waals surface area contributed by atoms with Crippen molar-refractivity contribution in [1.82, 2.24) is 30.4 Å². The van der Waals surface area contributed by atoms with Crippen LogP contribution in [0.4, 0.5) is 37.6 Å². The van der Waals surface area contributed by atoms with Crippen LogP contribution in [-0.4, -0.2) is 30.4 Å². The lowest BCUT2D eigenvalue weighted by molar-refractivity contribution is 0.628. The second-order valence-electron chi connectivity index (χ2n) is 10.4. The first-order valence-electron chi connectivity index (χ1n) is 13.7. The number of H-pyrrole nitrogens is 2. The average molecular weight is 631 g/mol. The van der Waals surface area contributed by atoms with Crippen LogP contribution in [0.25, 0.3) is 22.1 Å². The predicted molar refractivity (Wildman–Crippen MR) is 163 cm³/mol. The van der Waals surface area contributed by atoms with Crippen LogP contribution in [0.5, 0.6) is 0 Å². The van der Waals surface area contributed by atoms with Gasteiger partial charge in [-0.2, -0.15) is 10.2 Å². The molecule has 4 aromatic heterocycles. The standard InChI is InChI=1S/C15H12BrFN4.C15H14FN5/c16-13-10-7-11(17)15(19-14(10)21-20-13)18-12-6-2-4-8-3-1-5-9(8)12;16-11-7-10-13(17)20-21-14(10)19-15(11)18-12-6-2-4-8-3-1-5-9(8)12/h2,4,6-7H,1,3,5H2,(H2,18,19,20,21);2,4,6-7H,1,3,5H2,(H4,17,18,19,20,21). The van der Waals surface area contributed by atoms with Gasteiger partial charge in [-0.1, -0.05) is 24.3 Å². The van der Waals surface area contributed by atoms with Crippen molar-refractivity contribution in [3.8, 4) is 0 Å². The number of aromatic amines is 2. The summed E-state index contributed by atoms with van der Waals surface area (Å²) in [5.41, 5.74) is 13.6. The van der Waals surface area contributed by atoms with Crippen LogP contribution in [0.1, 0.15) is 35.1 Å². The lowest BCUT2D eigenvalue weighted by Gasteiger charge is -2.11. The molecular weight excluding hydrogens is 604 g/mol. The summed E-state index contributed by atoms with van der Waals surface area (Å²) in [6.45, 7) is 0. The molecule has 6 N–H and O–H groups in total. The molecule has 0 saturated carbocycles. The largest absolute Gasteiger partial charge is 0.384 e. The third kappa shape index (κ3) is 4.81. The van der Waals surface area contributed by atoms with Gasteiger partial charge in [-0.15, -0.1) is 0 Å². The van der Waals surface area contributed by atoms with Crippen LogP contribution in [0.2, 0.25) is 0 Å². The van der Waals surface area contributed by atoms with E-state index in [1.165, 1.54) is 34.4 Å². The first-order valence-corrected chi connectivity index (χ1v) is 14.5. The van der Waals surface area contributed by atoms with Crippen LogP contribution in [0.15, 0.2) is 53.1 Å². The molecule has 0 saturated heterocycles. The maximum Gasteiger partial charge on any atom is 0.185 e. The van der Waals surface area contributed by atoms with Crippen molar-refractivity contribution in [3.05, 3.63) is 87.0 Å². The third-order valence-electron chi connectivity index (χ3n) is 7.78. The molecule has 0 spiro atoms. The Balaban J connectivity index is 0.000000137. The zero-order valence-corrected chi connectivity index (χ0v) is 23.9. The molecule has 2 aliphatic rings. The van der Waals surface area contributed by atoms with Gasteiger partial charge in [0, 0.05) is 11.4 Å². The number of hydrogen-bond donors (Lipinski definition) is 5. The average Bonchev–Trinajstić information content (AvgIpc) is 3.79. The molecule has 2 aliphatic carbocycles. The maximum atomic E-state index is 14.2. The third-order valence-corrected chi connectivity index (χ3v) is 8.38. The molecule has 0 radical (unpaired) electrons. The van der Waals surface area contributed by atoms with Crippen molar-refractivity contribution in [3.63, 3.8) is 0 Å². The van der Waals surface area contributed by atoms with Crippen LogP contribution in [0, 0.1) is 11.6 Å². The number of pyridine rings is 2. The van der Waals surface area contributed by atoms with E-state index in [9.17, 15) is 8.78 Å². The molecule has 0 amide bonds. The first kappa shape index (κ1) is 26.3. The summed E-state index contributed by atoms with van der Waals surface area (Å²) in [5, 5.41) is 20.7. The summed E-state index contributed by atoms with van der Waals surface area (Å²) in [5.74, 6) is -0.119. The predicted octanol–water partition coefficient (Wildman–Crippen LogP) is 7.00. The van der Waals surface area contributed by atoms with E-state index in [1.807, 2.05) is 24.3 Å². The van der Waals surface area contributed by atoms with Crippen molar-refractivity contribution in [2.45, 2.75) is 38.5 Å². The normalized spacial score (nSPS) is 13.6. The van der Waals surface area contributed by atoms with Gasteiger partial charge in [0.1, 0.15) is 10.4 Å². The van der Waals surface area contributed by atoms with Crippen LogP contribution in [-0.2, 0) is 25.7 Å². The lowest BCUT2D eigenvalue weighted by Crippen LogP contribution is -2.00. The minimum absolute atomic E-state index is 0.175. The molecule has 0 aliphatic heterocycles. The Morgan fingerprint density at radius 2 is 1.24 bits per heavy atom. The van der Waals surface area contributed by atoms with Gasteiger partial charge in [0.05, 0.1) is 10.8 Å². The Hall–Kier alpha value is -4.58. The number of aromatic nitrogens is 6. The van der Waals surface area contributed by atoms with E-state index in [2.05, 4.69) is 69.1 Å². The Labute approximate surface area is 247 Å².